The maximum Gasteiger partial charge on any atom is 0.306 e. The first-order valence-electron chi connectivity index (χ1n) is 10.7. The van der Waals surface area contributed by atoms with Gasteiger partial charge in [0, 0.05) is 13.0 Å². The topological polar surface area (TPSA) is 120 Å². The number of benzene rings is 1. The first-order valence-corrected chi connectivity index (χ1v) is 10.7. The van der Waals surface area contributed by atoms with Gasteiger partial charge in [-0.3, -0.25) is 14.4 Å². The lowest BCUT2D eigenvalue weighted by atomic mass is 10.1. The summed E-state index contributed by atoms with van der Waals surface area (Å²) in [4.78, 5) is 46.1. The molecule has 1 atom stereocenters. The minimum Gasteiger partial charge on any atom is -0.466 e. The maximum atomic E-state index is 12.9. The van der Waals surface area contributed by atoms with Crippen molar-refractivity contribution >= 4 is 22.8 Å². The lowest BCUT2D eigenvalue weighted by Crippen LogP contribution is -2.50. The van der Waals surface area contributed by atoms with Crippen molar-refractivity contribution in [1.29, 1.82) is 0 Å². The molecule has 0 saturated heterocycles. The van der Waals surface area contributed by atoms with Crippen molar-refractivity contribution in [2.75, 3.05) is 19.7 Å². The fourth-order valence-electron chi connectivity index (χ4n) is 3.38. The summed E-state index contributed by atoms with van der Waals surface area (Å²) in [5.41, 5.74) is 4.22. The Kier molecular flexibility index (Phi) is 9.47. The Morgan fingerprint density at radius 2 is 1.90 bits per heavy atom. The second-order valence-corrected chi connectivity index (χ2v) is 7.30. The van der Waals surface area contributed by atoms with Gasteiger partial charge in [-0.25, -0.2) is 4.98 Å². The Bertz CT molecular complexity index is 896. The number of nitrogens with one attached hydrogen (secondary N) is 1. The highest BCUT2D eigenvalue weighted by molar-refractivity contribution is 5.82. The van der Waals surface area contributed by atoms with E-state index >= 15 is 0 Å². The first kappa shape index (κ1) is 23.5. The van der Waals surface area contributed by atoms with Crippen LogP contribution in [0.15, 0.2) is 29.1 Å². The molecule has 0 aliphatic rings. The molecule has 8 heteroatoms. The number of hydrogen-bond donors (Lipinski definition) is 2. The number of esters is 1. The van der Waals surface area contributed by atoms with Crippen molar-refractivity contribution in [3.63, 3.8) is 0 Å². The highest BCUT2D eigenvalue weighted by atomic mass is 16.5. The monoisotopic (exact) mass is 417 g/mol. The second-order valence-electron chi connectivity index (χ2n) is 7.30. The van der Waals surface area contributed by atoms with Crippen LogP contribution in [0, 0.1) is 0 Å². The van der Waals surface area contributed by atoms with Gasteiger partial charge in [0.05, 0.1) is 36.5 Å². The number of hydrogen-bond acceptors (Lipinski definition) is 5. The molecule has 0 bridgehead atoms. The smallest absolute Gasteiger partial charge is 0.306 e. The number of aromatic amines is 1. The molecule has 1 amide bonds. The van der Waals surface area contributed by atoms with E-state index in [4.69, 9.17) is 4.74 Å². The Balaban J connectivity index is 2.18. The standard InChI is InChI=1S/C22H32N4O4/c1-3-30-20(28)13-12-19(27)26(15-9-5-4-8-14-23)16(2)21-24-18-11-7-6-10-17(18)22(29)25-21/h6-7,10-11,16H,3-5,8-9,12-15,23H2,1-2H3,(H,24,25,29)/p+1/t16-/m0/s1. The minimum absolute atomic E-state index is 0.0407. The van der Waals surface area contributed by atoms with Crippen molar-refractivity contribution < 1.29 is 20.1 Å². The van der Waals surface area contributed by atoms with Gasteiger partial charge in [-0.2, -0.15) is 0 Å². The van der Waals surface area contributed by atoms with Gasteiger partial charge in [-0.15, -0.1) is 0 Å². The molecule has 30 heavy (non-hydrogen) atoms. The van der Waals surface area contributed by atoms with Crippen LogP contribution in [-0.4, -0.2) is 46.4 Å². The predicted octanol–water partition coefficient (Wildman–Crippen LogP) is 1.96. The zero-order valence-corrected chi connectivity index (χ0v) is 18.0. The van der Waals surface area contributed by atoms with Crippen LogP contribution < -0.4 is 11.3 Å². The van der Waals surface area contributed by atoms with Gasteiger partial charge in [0.2, 0.25) is 5.91 Å². The van der Waals surface area contributed by atoms with Crippen molar-refractivity contribution in [2.24, 2.45) is 0 Å². The van der Waals surface area contributed by atoms with Crippen LogP contribution in [-0.2, 0) is 14.3 Å². The van der Waals surface area contributed by atoms with E-state index in [0.717, 1.165) is 32.2 Å². The third-order valence-corrected chi connectivity index (χ3v) is 5.06. The molecule has 0 radical (unpaired) electrons. The van der Waals surface area contributed by atoms with Crippen LogP contribution >= 0.6 is 0 Å². The summed E-state index contributed by atoms with van der Waals surface area (Å²) in [6.07, 6.45) is 4.07. The molecule has 1 aromatic heterocycles. The number of unbranched alkanes of at least 4 members (excludes halogenated alkanes) is 3. The van der Waals surface area contributed by atoms with Gasteiger partial charge >= 0.3 is 5.97 Å². The molecule has 1 heterocycles. The summed E-state index contributed by atoms with van der Waals surface area (Å²) in [5.74, 6) is -0.0874. The lowest BCUT2D eigenvalue weighted by Gasteiger charge is -2.29. The molecule has 2 rings (SSSR count). The molecule has 0 fully saturated rings. The molecule has 1 aromatic carbocycles. The molecule has 0 aliphatic carbocycles. The van der Waals surface area contributed by atoms with Gasteiger partial charge < -0.3 is 20.4 Å². The Hall–Kier alpha value is -2.74. The highest BCUT2D eigenvalue weighted by Crippen LogP contribution is 2.20. The van der Waals surface area contributed by atoms with Crippen molar-refractivity contribution in [3.05, 3.63) is 40.4 Å². The summed E-state index contributed by atoms with van der Waals surface area (Å²) in [6.45, 7) is 5.33. The van der Waals surface area contributed by atoms with Crippen LogP contribution in [0.4, 0.5) is 0 Å². The van der Waals surface area contributed by atoms with E-state index in [0.29, 0.717) is 29.9 Å². The number of carbonyl (C=O) groups excluding carboxylic acids is 2. The Labute approximate surface area is 176 Å². The van der Waals surface area contributed by atoms with Crippen molar-refractivity contribution in [3.8, 4) is 0 Å². The van der Waals surface area contributed by atoms with Gasteiger partial charge in [0.15, 0.2) is 0 Å². The van der Waals surface area contributed by atoms with Crippen LogP contribution in [0.5, 0.6) is 0 Å². The second kappa shape index (κ2) is 12.1. The number of H-pyrrole nitrogens is 1. The Morgan fingerprint density at radius 3 is 2.63 bits per heavy atom. The lowest BCUT2D eigenvalue weighted by molar-refractivity contribution is -0.368. The molecule has 8 nitrogen and oxygen atoms in total. The van der Waals surface area contributed by atoms with Crippen LogP contribution in [0.25, 0.3) is 10.9 Å². The van der Waals surface area contributed by atoms with E-state index in [2.05, 4.69) is 15.7 Å². The molecule has 4 N–H and O–H groups in total. The summed E-state index contributed by atoms with van der Waals surface area (Å²) in [5, 5.41) is 0.516. The molecular weight excluding hydrogens is 384 g/mol. The third-order valence-electron chi connectivity index (χ3n) is 5.06. The van der Waals surface area contributed by atoms with E-state index in [1.165, 1.54) is 0 Å². The average Bonchev–Trinajstić information content (AvgIpc) is 2.74. The van der Waals surface area contributed by atoms with Gasteiger partial charge in [-0.1, -0.05) is 18.6 Å². The van der Waals surface area contributed by atoms with E-state index in [-0.39, 0.29) is 30.3 Å². The van der Waals surface area contributed by atoms with Gasteiger partial charge in [-0.05, 0) is 45.2 Å². The fourth-order valence-corrected chi connectivity index (χ4v) is 3.38. The number of amides is 1. The minimum atomic E-state index is -0.412. The number of nitrogens with zero attached hydrogens (tertiary/aromatic N) is 2. The Morgan fingerprint density at radius 1 is 1.17 bits per heavy atom. The number of rotatable bonds is 12. The number of carbonyl (C=O) groups is 2. The fraction of sp³-hybridized carbons (Fsp3) is 0.545. The van der Waals surface area contributed by atoms with E-state index < -0.39 is 6.04 Å². The molecule has 0 spiro atoms. The van der Waals surface area contributed by atoms with E-state index in [1.807, 2.05) is 13.0 Å². The molecule has 0 saturated carbocycles. The SMILES string of the molecule is CCOC(=O)CCC(=O)N(CCCCCC[NH3+])[C@@H](C)c1nc2ccccc2c(=O)[nH]1. The summed E-state index contributed by atoms with van der Waals surface area (Å²) >= 11 is 0. The molecule has 0 unspecified atom stereocenters. The summed E-state index contributed by atoms with van der Waals surface area (Å²) < 4.78 is 4.93. The van der Waals surface area contributed by atoms with E-state index in [1.54, 1.807) is 30.0 Å². The molecule has 164 valence electrons. The average molecular weight is 418 g/mol. The number of quaternary nitrogens is 1. The molecule has 0 aliphatic heterocycles. The summed E-state index contributed by atoms with van der Waals surface area (Å²) in [6, 6.07) is 6.71. The maximum absolute atomic E-state index is 12.9. The number of ether oxygens (including phenoxy) is 1. The van der Waals surface area contributed by atoms with Gasteiger partial charge in [0.25, 0.3) is 5.56 Å². The zero-order valence-electron chi connectivity index (χ0n) is 18.0. The number of aromatic nitrogens is 2. The highest BCUT2D eigenvalue weighted by Gasteiger charge is 2.24. The van der Waals surface area contributed by atoms with Crippen molar-refractivity contribution in [1.82, 2.24) is 14.9 Å². The summed E-state index contributed by atoms with van der Waals surface area (Å²) in [7, 11) is 0. The third kappa shape index (κ3) is 6.66. The molecular formula is C22H33N4O4+. The number of para-hydroxylation sites is 1. The normalized spacial score (nSPS) is 12.0. The quantitative estimate of drug-likeness (QED) is 0.404. The van der Waals surface area contributed by atoms with Crippen LogP contribution in [0.2, 0.25) is 0 Å². The van der Waals surface area contributed by atoms with Gasteiger partial charge in [0.1, 0.15) is 5.82 Å². The number of fused-ring (bicyclic) bond motifs is 1. The van der Waals surface area contributed by atoms with Crippen molar-refractivity contribution in [2.45, 2.75) is 58.4 Å². The first-order chi connectivity index (χ1) is 14.5. The van der Waals surface area contributed by atoms with Crippen LogP contribution in [0.1, 0.15) is 64.2 Å². The zero-order chi connectivity index (χ0) is 21.9. The molecule has 2 aromatic rings. The van der Waals surface area contributed by atoms with E-state index in [9.17, 15) is 14.4 Å². The predicted molar refractivity (Wildman–Crippen MR) is 115 cm³/mol. The largest absolute Gasteiger partial charge is 0.466 e. The van der Waals surface area contributed by atoms with Crippen LogP contribution in [0.3, 0.4) is 0 Å².